The normalized spacial score (nSPS) is 15.2. The molecule has 2 aromatic carbocycles. The summed E-state index contributed by atoms with van der Waals surface area (Å²) in [7, 11) is -1.15. The average molecular weight is 855 g/mol. The zero-order chi connectivity index (χ0) is 41.5. The van der Waals surface area contributed by atoms with Gasteiger partial charge in [0.1, 0.15) is 31.1 Å². The van der Waals surface area contributed by atoms with Crippen molar-refractivity contribution in [3.05, 3.63) is 126 Å². The fourth-order valence-electron chi connectivity index (χ4n) is 5.38. The largest absolute Gasteiger partial charge is 0.488 e. The van der Waals surface area contributed by atoms with Crippen LogP contribution >= 0.6 is 21.6 Å². The molecule has 0 aromatic heterocycles. The van der Waals surface area contributed by atoms with E-state index in [1.165, 1.54) is 24.6 Å². The molecule has 1 heterocycles. The van der Waals surface area contributed by atoms with Gasteiger partial charge in [-0.25, -0.2) is 8.98 Å². The summed E-state index contributed by atoms with van der Waals surface area (Å²) in [5.74, 6) is -1.05. The van der Waals surface area contributed by atoms with Gasteiger partial charge in [0, 0.05) is 23.8 Å². The van der Waals surface area contributed by atoms with Gasteiger partial charge in [-0.3, -0.25) is 9.59 Å². The quantitative estimate of drug-likeness (QED) is 0.0334. The predicted octanol–water partition coefficient (Wildman–Crippen LogP) is 10.8. The molecule has 0 spiro atoms. The third-order valence-corrected chi connectivity index (χ3v) is 12.2. The van der Waals surface area contributed by atoms with Crippen molar-refractivity contribution in [1.82, 2.24) is 0 Å². The maximum atomic E-state index is 12.9. The van der Waals surface area contributed by atoms with Crippen LogP contribution in [0.2, 0.25) is 0 Å². The number of allylic oxidation sites excluding steroid dienone is 10. The molecule has 3 rings (SSSR count). The van der Waals surface area contributed by atoms with Gasteiger partial charge in [0.2, 0.25) is 0 Å². The summed E-state index contributed by atoms with van der Waals surface area (Å²) >= 11 is 0. The number of rotatable bonds is 29. The maximum Gasteiger partial charge on any atom is 0.451 e. The van der Waals surface area contributed by atoms with Crippen molar-refractivity contribution in [2.45, 2.75) is 108 Å². The van der Waals surface area contributed by atoms with Crippen LogP contribution < -0.4 is 4.74 Å². The van der Waals surface area contributed by atoms with E-state index < -0.39 is 47.6 Å². The lowest BCUT2D eigenvalue weighted by atomic mass is 10.1. The van der Waals surface area contributed by atoms with Crippen molar-refractivity contribution in [3.63, 3.8) is 0 Å². The van der Waals surface area contributed by atoms with E-state index in [0.29, 0.717) is 24.5 Å². The number of benzene rings is 2. The third kappa shape index (κ3) is 22.8. The molecule has 1 aliphatic heterocycles. The molecule has 0 N–H and O–H groups in total. The Morgan fingerprint density at radius 3 is 2.07 bits per heavy atom. The summed E-state index contributed by atoms with van der Waals surface area (Å²) < 4.78 is 51.9. The molecule has 0 amide bonds. The molecule has 0 bridgehead atoms. The molecule has 1 fully saturated rings. The molecule has 2 atom stereocenters. The Hall–Kier alpha value is -4.04. The molecule has 0 saturated carbocycles. The Labute approximate surface area is 353 Å². The Kier molecular flexibility index (Phi) is 25.1. The van der Waals surface area contributed by atoms with Crippen LogP contribution in [-0.2, 0) is 44.4 Å². The Balaban J connectivity index is 1.44. The minimum absolute atomic E-state index is 0.0533. The number of hydrogen-bond donors (Lipinski definition) is 0. The minimum Gasteiger partial charge on any atom is -0.488 e. The average Bonchev–Trinajstić information content (AvgIpc) is 3.75. The van der Waals surface area contributed by atoms with Gasteiger partial charge in [-0.2, -0.15) is 8.42 Å². The smallest absolute Gasteiger partial charge is 0.451 e. The summed E-state index contributed by atoms with van der Waals surface area (Å²) in [5, 5.41) is 0.606. The first kappa shape index (κ1) is 48.3. The Bertz CT molecular complexity index is 1750. The van der Waals surface area contributed by atoms with Gasteiger partial charge < -0.3 is 18.4 Å². The molecule has 1 saturated heterocycles. The van der Waals surface area contributed by atoms with Crippen molar-refractivity contribution in [1.29, 1.82) is 0 Å². The zero-order valence-corrected chi connectivity index (χ0v) is 35.9. The molecule has 0 aliphatic carbocycles. The summed E-state index contributed by atoms with van der Waals surface area (Å²) in [6.07, 6.45) is 29.6. The van der Waals surface area contributed by atoms with E-state index in [0.717, 1.165) is 56.3 Å². The van der Waals surface area contributed by atoms with Crippen LogP contribution in [-0.4, -0.2) is 56.6 Å². The molecule has 13 heteroatoms. The number of hydrogen-bond acceptors (Lipinski definition) is 12. The van der Waals surface area contributed by atoms with Gasteiger partial charge in [0.05, 0.1) is 0 Å². The Morgan fingerprint density at radius 2 is 1.40 bits per heavy atom. The lowest BCUT2D eigenvalue weighted by Gasteiger charge is -2.18. The van der Waals surface area contributed by atoms with Gasteiger partial charge in [-0.05, 0) is 81.9 Å². The Morgan fingerprint density at radius 1 is 0.759 bits per heavy atom. The second kappa shape index (κ2) is 30.1. The van der Waals surface area contributed by atoms with E-state index in [1.54, 1.807) is 6.07 Å². The van der Waals surface area contributed by atoms with Crippen molar-refractivity contribution < 1.29 is 45.4 Å². The van der Waals surface area contributed by atoms with Crippen LogP contribution in [0.3, 0.4) is 0 Å². The lowest BCUT2D eigenvalue weighted by molar-refractivity contribution is -0.161. The minimum atomic E-state index is -4.92. The van der Waals surface area contributed by atoms with Crippen LogP contribution in [0.5, 0.6) is 5.75 Å². The van der Waals surface area contributed by atoms with Crippen LogP contribution in [0.1, 0.15) is 106 Å². The first-order valence-electron chi connectivity index (χ1n) is 20.0. The maximum absolute atomic E-state index is 12.9. The predicted molar refractivity (Wildman–Crippen MR) is 234 cm³/mol. The van der Waals surface area contributed by atoms with E-state index in [1.807, 2.05) is 64.1 Å². The van der Waals surface area contributed by atoms with Crippen LogP contribution in [0.4, 0.5) is 0 Å². The van der Waals surface area contributed by atoms with Crippen molar-refractivity contribution in [2.75, 3.05) is 19.0 Å². The molecule has 10 nitrogen and oxygen atoms in total. The molecule has 1 aliphatic rings. The van der Waals surface area contributed by atoms with Gasteiger partial charge >= 0.3 is 28.3 Å². The lowest BCUT2D eigenvalue weighted by Crippen LogP contribution is -2.31. The second-order valence-corrected chi connectivity index (χ2v) is 17.3. The zero-order valence-electron chi connectivity index (χ0n) is 33.5. The topological polar surface area (TPSA) is 132 Å². The third-order valence-electron chi connectivity index (χ3n) is 8.44. The standard InChI is InChI=1S/C45H58O10S3/c1-2-3-4-5-6-7-8-9-10-11-12-13-14-15-16-17-21-32-44(47)54-39(36-52-43(46)31-25-22-28-40-33-34-56-57-40)37-53-58(49,50)55-45(48)41-29-23-24-30-42(41)51-35-38-26-19-18-20-27-38/h3-4,6-7,9-10,12-13,15-16,18-20,23-24,26-27,29-30,39-40H,2,5,8,11,14,17,21-22,25,28,31-37H2,1H3/b4-3-,7-6-,10-9-,13-12-,16-15-/t39-,40-/m1/s1. The number of unbranched alkanes of at least 4 members (excludes halogenated alkanes) is 2. The summed E-state index contributed by atoms with van der Waals surface area (Å²) in [5.41, 5.74) is 0.722. The van der Waals surface area contributed by atoms with E-state index in [-0.39, 0.29) is 30.8 Å². The number of ether oxygens (including phenoxy) is 3. The molecule has 58 heavy (non-hydrogen) atoms. The van der Waals surface area contributed by atoms with Crippen LogP contribution in [0.15, 0.2) is 115 Å². The first-order chi connectivity index (χ1) is 28.3. The molecule has 2 aromatic rings. The highest BCUT2D eigenvalue weighted by atomic mass is 33.1. The van der Waals surface area contributed by atoms with Crippen LogP contribution in [0, 0.1) is 0 Å². The molecule has 0 radical (unpaired) electrons. The summed E-state index contributed by atoms with van der Waals surface area (Å²) in [6.45, 7) is 1.11. The number of carbonyl (C=O) groups is 3. The van der Waals surface area contributed by atoms with Gasteiger partial charge in [-0.15, -0.1) is 0 Å². The van der Waals surface area contributed by atoms with E-state index in [2.05, 4.69) is 55.5 Å². The van der Waals surface area contributed by atoms with Gasteiger partial charge in [0.15, 0.2) is 6.10 Å². The molecular formula is C45H58O10S3. The van der Waals surface area contributed by atoms with Crippen molar-refractivity contribution >= 4 is 49.9 Å². The fourth-order valence-corrected chi connectivity index (χ4v) is 9.04. The summed E-state index contributed by atoms with van der Waals surface area (Å²) in [6, 6.07) is 15.3. The molecular weight excluding hydrogens is 797 g/mol. The first-order valence-corrected chi connectivity index (χ1v) is 23.7. The molecule has 0 unspecified atom stereocenters. The fraction of sp³-hybridized carbons (Fsp3) is 0.444. The number of carbonyl (C=O) groups excluding carboxylic acids is 3. The van der Waals surface area contributed by atoms with E-state index in [4.69, 9.17) is 22.6 Å². The highest BCUT2D eigenvalue weighted by Gasteiger charge is 2.26. The highest BCUT2D eigenvalue weighted by Crippen LogP contribution is 2.39. The number of esters is 2. The monoisotopic (exact) mass is 854 g/mol. The van der Waals surface area contributed by atoms with E-state index >= 15 is 0 Å². The van der Waals surface area contributed by atoms with Crippen molar-refractivity contribution in [3.8, 4) is 5.75 Å². The van der Waals surface area contributed by atoms with Gasteiger partial charge in [0.25, 0.3) is 0 Å². The van der Waals surface area contributed by atoms with E-state index in [9.17, 15) is 22.8 Å². The van der Waals surface area contributed by atoms with Gasteiger partial charge in [-0.1, -0.05) is 138 Å². The highest BCUT2D eigenvalue weighted by molar-refractivity contribution is 8.77. The van der Waals surface area contributed by atoms with Crippen molar-refractivity contribution in [2.24, 2.45) is 0 Å². The summed E-state index contributed by atoms with van der Waals surface area (Å²) in [4.78, 5) is 38.2. The molecule has 316 valence electrons. The number of para-hydroxylation sites is 1. The van der Waals surface area contributed by atoms with Crippen LogP contribution in [0.25, 0.3) is 0 Å². The second-order valence-electron chi connectivity index (χ2n) is 13.3. The SMILES string of the molecule is CC/C=C\C/C=C\C/C=C\C/C=C\C/C=C\CCCC(=O)O[C@H](COC(=O)CCCC[C@@H]1CCSS1)COS(=O)(=O)OC(=O)c1ccccc1OCc1ccccc1.